The minimum Gasteiger partial charge on any atom is -0.464 e. The van der Waals surface area contributed by atoms with Crippen molar-refractivity contribution in [3.8, 4) is 0 Å². The molecule has 0 aromatic carbocycles. The van der Waals surface area contributed by atoms with E-state index in [1.54, 1.807) is 0 Å². The molecule has 0 heterocycles. The topological polar surface area (TPSA) is 45.4 Å². The van der Waals surface area contributed by atoms with Crippen LogP contribution in [-0.2, 0) is 4.74 Å². The van der Waals surface area contributed by atoms with E-state index in [0.29, 0.717) is 0 Å². The highest BCUT2D eigenvalue weighted by molar-refractivity contribution is 5.75. The largest absolute Gasteiger partial charge is 0.464 e. The molecule has 0 spiro atoms. The molecule has 64 valence electrons. The normalized spacial score (nSPS) is 10.8. The molecule has 0 bridgehead atoms. The van der Waals surface area contributed by atoms with Crippen molar-refractivity contribution in [1.29, 1.82) is 5.41 Å². The van der Waals surface area contributed by atoms with Gasteiger partial charge in [0.15, 0.2) is 0 Å². The second-order valence-corrected chi connectivity index (χ2v) is 2.13. The van der Waals surface area contributed by atoms with Crippen LogP contribution in [0.3, 0.4) is 0 Å². The van der Waals surface area contributed by atoms with Gasteiger partial charge in [0.05, 0.1) is 6.61 Å². The summed E-state index contributed by atoms with van der Waals surface area (Å²) in [6, 6.07) is -0.422. The van der Waals surface area contributed by atoms with Gasteiger partial charge >= 0.3 is 6.02 Å². The Hall–Kier alpha value is -1.00. The second kappa shape index (κ2) is 4.00. The summed E-state index contributed by atoms with van der Waals surface area (Å²) in [5, 5.41) is 6.75. The predicted octanol–water partition coefficient (Wildman–Crippen LogP) is 1.68. The second-order valence-electron chi connectivity index (χ2n) is 2.13. The SMILES string of the molecule is C=NC(=N)OCCC(C)(F)F. The van der Waals surface area contributed by atoms with Crippen molar-refractivity contribution in [2.24, 2.45) is 4.99 Å². The monoisotopic (exact) mass is 164 g/mol. The molecular weight excluding hydrogens is 154 g/mol. The number of rotatable bonds is 3. The molecule has 0 amide bonds. The number of hydrogen-bond donors (Lipinski definition) is 1. The molecule has 0 aromatic rings. The fourth-order valence-corrected chi connectivity index (χ4v) is 0.373. The zero-order chi connectivity index (χ0) is 8.91. The van der Waals surface area contributed by atoms with Gasteiger partial charge in [-0.3, -0.25) is 0 Å². The van der Waals surface area contributed by atoms with E-state index < -0.39 is 18.4 Å². The number of alkyl halides is 2. The van der Waals surface area contributed by atoms with Crippen LogP contribution in [-0.4, -0.2) is 25.3 Å². The number of nitrogens with one attached hydrogen (secondary N) is 1. The summed E-state index contributed by atoms with van der Waals surface area (Å²) >= 11 is 0. The molecule has 0 aliphatic carbocycles. The predicted molar refractivity (Wildman–Crippen MR) is 38.5 cm³/mol. The lowest BCUT2D eigenvalue weighted by atomic mass is 10.3. The van der Waals surface area contributed by atoms with Gasteiger partial charge in [-0.05, 0) is 13.6 Å². The van der Waals surface area contributed by atoms with E-state index in [4.69, 9.17) is 5.41 Å². The van der Waals surface area contributed by atoms with Gasteiger partial charge < -0.3 is 4.74 Å². The minimum atomic E-state index is -2.75. The van der Waals surface area contributed by atoms with Crippen molar-refractivity contribution in [2.45, 2.75) is 19.3 Å². The highest BCUT2D eigenvalue weighted by Crippen LogP contribution is 2.15. The number of amidine groups is 1. The first-order valence-electron chi connectivity index (χ1n) is 3.01. The van der Waals surface area contributed by atoms with E-state index in [-0.39, 0.29) is 6.61 Å². The Kier molecular flexibility index (Phi) is 3.64. The molecule has 0 aromatic heterocycles. The molecule has 0 saturated carbocycles. The smallest absolute Gasteiger partial charge is 0.308 e. The third-order valence-electron chi connectivity index (χ3n) is 0.923. The van der Waals surface area contributed by atoms with Crippen molar-refractivity contribution in [1.82, 2.24) is 0 Å². The zero-order valence-corrected chi connectivity index (χ0v) is 6.23. The molecule has 0 rings (SSSR count). The van der Waals surface area contributed by atoms with E-state index in [9.17, 15) is 8.78 Å². The van der Waals surface area contributed by atoms with Gasteiger partial charge in [-0.25, -0.2) is 19.2 Å². The third kappa shape index (κ3) is 6.89. The number of ether oxygens (including phenoxy) is 1. The van der Waals surface area contributed by atoms with Gasteiger partial charge in [0, 0.05) is 6.42 Å². The van der Waals surface area contributed by atoms with Crippen LogP contribution in [0.5, 0.6) is 0 Å². The van der Waals surface area contributed by atoms with Crippen LogP contribution in [0.1, 0.15) is 13.3 Å². The molecule has 1 N–H and O–H groups in total. The van der Waals surface area contributed by atoms with Crippen LogP contribution in [0, 0.1) is 5.41 Å². The molecule has 0 unspecified atom stereocenters. The number of nitrogens with zero attached hydrogens (tertiary/aromatic N) is 1. The van der Waals surface area contributed by atoms with Crippen LogP contribution < -0.4 is 0 Å². The first-order valence-corrected chi connectivity index (χ1v) is 3.01. The third-order valence-corrected chi connectivity index (χ3v) is 0.923. The molecule has 0 atom stereocenters. The van der Waals surface area contributed by atoms with Crippen molar-refractivity contribution >= 4 is 12.7 Å². The van der Waals surface area contributed by atoms with Crippen molar-refractivity contribution in [2.75, 3.05) is 6.61 Å². The van der Waals surface area contributed by atoms with Crippen LogP contribution in [0.15, 0.2) is 4.99 Å². The van der Waals surface area contributed by atoms with Gasteiger partial charge in [-0.15, -0.1) is 0 Å². The highest BCUT2D eigenvalue weighted by Gasteiger charge is 2.20. The molecule has 0 aliphatic rings. The Morgan fingerprint density at radius 1 is 1.73 bits per heavy atom. The Balaban J connectivity index is 3.42. The first kappa shape index (κ1) is 10.0. The zero-order valence-electron chi connectivity index (χ0n) is 6.23. The molecule has 3 nitrogen and oxygen atoms in total. The summed E-state index contributed by atoms with van der Waals surface area (Å²) in [6.45, 7) is 3.57. The summed E-state index contributed by atoms with van der Waals surface area (Å²) in [7, 11) is 0. The summed E-state index contributed by atoms with van der Waals surface area (Å²) in [5.74, 6) is -2.75. The van der Waals surface area contributed by atoms with E-state index in [2.05, 4.69) is 16.4 Å². The Labute approximate surface area is 63.6 Å². The molecule has 0 saturated heterocycles. The Morgan fingerprint density at radius 2 is 2.27 bits per heavy atom. The number of hydrogen-bond acceptors (Lipinski definition) is 2. The van der Waals surface area contributed by atoms with Crippen molar-refractivity contribution in [3.63, 3.8) is 0 Å². The average Bonchev–Trinajstić information content (AvgIpc) is 1.85. The Bertz CT molecular complexity index is 153. The Morgan fingerprint density at radius 3 is 2.64 bits per heavy atom. The minimum absolute atomic E-state index is 0.207. The number of aliphatic imine (C=N–C) groups is 1. The van der Waals surface area contributed by atoms with Crippen molar-refractivity contribution < 1.29 is 13.5 Å². The van der Waals surface area contributed by atoms with Crippen molar-refractivity contribution in [3.05, 3.63) is 0 Å². The first-order chi connectivity index (χ1) is 4.95. The maximum atomic E-state index is 12.1. The highest BCUT2D eigenvalue weighted by atomic mass is 19.3. The van der Waals surface area contributed by atoms with Crippen LogP contribution in [0.25, 0.3) is 0 Å². The van der Waals surface area contributed by atoms with Gasteiger partial charge in [-0.2, -0.15) is 0 Å². The molecule has 0 aliphatic heterocycles. The molecule has 0 fully saturated rings. The van der Waals surface area contributed by atoms with Gasteiger partial charge in [0.2, 0.25) is 5.92 Å². The standard InChI is InChI=1S/C6H10F2N2O/c1-6(7,8)3-4-11-5(9)10-2/h9H,2-4H2,1H3. The van der Waals surface area contributed by atoms with Gasteiger partial charge in [0.25, 0.3) is 0 Å². The molecule has 5 heteroatoms. The van der Waals surface area contributed by atoms with Crippen LogP contribution >= 0.6 is 0 Å². The lowest BCUT2D eigenvalue weighted by Crippen LogP contribution is -2.14. The molecule has 11 heavy (non-hydrogen) atoms. The summed E-state index contributed by atoms with van der Waals surface area (Å²) in [5.41, 5.74) is 0. The molecular formula is C6H10F2N2O. The van der Waals surface area contributed by atoms with Crippen LogP contribution in [0.4, 0.5) is 8.78 Å². The van der Waals surface area contributed by atoms with E-state index in [1.165, 1.54) is 0 Å². The summed E-state index contributed by atoms with van der Waals surface area (Å²) in [6.07, 6.45) is -0.412. The lowest BCUT2D eigenvalue weighted by molar-refractivity contribution is -0.000720. The van der Waals surface area contributed by atoms with Crippen LogP contribution in [0.2, 0.25) is 0 Å². The fraction of sp³-hybridized carbons (Fsp3) is 0.667. The average molecular weight is 164 g/mol. The maximum absolute atomic E-state index is 12.1. The van der Waals surface area contributed by atoms with E-state index >= 15 is 0 Å². The van der Waals surface area contributed by atoms with E-state index in [0.717, 1.165) is 6.92 Å². The maximum Gasteiger partial charge on any atom is 0.308 e. The fourth-order valence-electron chi connectivity index (χ4n) is 0.373. The summed E-state index contributed by atoms with van der Waals surface area (Å²) in [4.78, 5) is 3.07. The quantitative estimate of drug-likeness (QED) is 0.500. The van der Waals surface area contributed by atoms with E-state index in [1.807, 2.05) is 0 Å². The number of halogens is 2. The van der Waals surface area contributed by atoms with Gasteiger partial charge in [0.1, 0.15) is 0 Å². The molecule has 0 radical (unpaired) electrons. The summed E-state index contributed by atoms with van der Waals surface area (Å²) < 4.78 is 28.6. The lowest BCUT2D eigenvalue weighted by Gasteiger charge is -2.09. The van der Waals surface area contributed by atoms with Gasteiger partial charge in [-0.1, -0.05) is 0 Å².